The van der Waals surface area contributed by atoms with Crippen molar-refractivity contribution >= 4 is 11.9 Å². The van der Waals surface area contributed by atoms with E-state index in [9.17, 15) is 9.59 Å². The van der Waals surface area contributed by atoms with E-state index in [0.717, 1.165) is 4.90 Å². The summed E-state index contributed by atoms with van der Waals surface area (Å²) in [5.74, 6) is -1.68. The first-order valence-corrected chi connectivity index (χ1v) is 4.07. The molecule has 0 saturated carbocycles. The molecule has 0 aromatic carbocycles. The van der Waals surface area contributed by atoms with Crippen LogP contribution in [0.4, 0.5) is 0 Å². The van der Waals surface area contributed by atoms with E-state index in [0.29, 0.717) is 6.42 Å². The van der Waals surface area contributed by atoms with E-state index in [-0.39, 0.29) is 5.57 Å². The van der Waals surface area contributed by atoms with Crippen LogP contribution in [0.5, 0.6) is 0 Å². The molecule has 0 rings (SSSR count). The second kappa shape index (κ2) is 5.02. The van der Waals surface area contributed by atoms with Crippen LogP contribution in [-0.2, 0) is 9.59 Å². The SMILES string of the molecule is C=C(C(=O)O)C(CC)N(C#N)C(C)=O. The van der Waals surface area contributed by atoms with Crippen molar-refractivity contribution in [3.05, 3.63) is 12.2 Å². The Hall–Kier alpha value is -1.83. The minimum atomic E-state index is -1.20. The number of carbonyl (C=O) groups excluding carboxylic acids is 1. The predicted molar refractivity (Wildman–Crippen MR) is 49.0 cm³/mol. The third-order valence-corrected chi connectivity index (χ3v) is 1.82. The van der Waals surface area contributed by atoms with E-state index in [2.05, 4.69) is 6.58 Å². The van der Waals surface area contributed by atoms with Crippen molar-refractivity contribution in [3.63, 3.8) is 0 Å². The van der Waals surface area contributed by atoms with Gasteiger partial charge in [-0.05, 0) is 6.42 Å². The van der Waals surface area contributed by atoms with E-state index in [1.807, 2.05) is 0 Å². The molecule has 1 unspecified atom stereocenters. The number of carbonyl (C=O) groups is 2. The third kappa shape index (κ3) is 2.59. The van der Waals surface area contributed by atoms with Crippen molar-refractivity contribution in [1.29, 1.82) is 5.26 Å². The molecule has 0 aromatic heterocycles. The number of rotatable bonds is 4. The van der Waals surface area contributed by atoms with Crippen LogP contribution >= 0.6 is 0 Å². The average Bonchev–Trinajstić information content (AvgIpc) is 2.11. The fourth-order valence-electron chi connectivity index (χ4n) is 1.09. The lowest BCUT2D eigenvalue weighted by Gasteiger charge is -2.22. The predicted octanol–water partition coefficient (Wildman–Crippen LogP) is 0.735. The molecule has 76 valence electrons. The zero-order valence-electron chi connectivity index (χ0n) is 8.15. The lowest BCUT2D eigenvalue weighted by molar-refractivity contribution is -0.134. The molecule has 0 aromatic rings. The number of aliphatic carboxylic acids is 1. The molecule has 1 atom stereocenters. The molecule has 0 saturated heterocycles. The molecule has 0 fully saturated rings. The second-order valence-corrected chi connectivity index (χ2v) is 2.74. The first-order valence-electron chi connectivity index (χ1n) is 4.07. The first kappa shape index (κ1) is 12.2. The molecule has 0 aliphatic carbocycles. The molecule has 0 spiro atoms. The molecule has 0 aliphatic heterocycles. The maximum absolute atomic E-state index is 11.0. The fraction of sp³-hybridized carbons (Fsp3) is 0.444. The van der Waals surface area contributed by atoms with Gasteiger partial charge in [0, 0.05) is 6.92 Å². The maximum Gasteiger partial charge on any atom is 0.333 e. The summed E-state index contributed by atoms with van der Waals surface area (Å²) in [7, 11) is 0. The van der Waals surface area contributed by atoms with Crippen LogP contribution in [-0.4, -0.2) is 27.9 Å². The molecule has 0 bridgehead atoms. The summed E-state index contributed by atoms with van der Waals surface area (Å²) in [6, 6.07) is -0.755. The zero-order valence-corrected chi connectivity index (χ0v) is 8.15. The average molecular weight is 196 g/mol. The van der Waals surface area contributed by atoms with Crippen LogP contribution in [0, 0.1) is 11.5 Å². The van der Waals surface area contributed by atoms with E-state index in [4.69, 9.17) is 10.4 Å². The van der Waals surface area contributed by atoms with Crippen molar-refractivity contribution < 1.29 is 14.7 Å². The molecular weight excluding hydrogens is 184 g/mol. The van der Waals surface area contributed by atoms with Crippen LogP contribution < -0.4 is 0 Å². The summed E-state index contributed by atoms with van der Waals surface area (Å²) < 4.78 is 0. The lowest BCUT2D eigenvalue weighted by atomic mass is 10.1. The quantitative estimate of drug-likeness (QED) is 0.408. The number of nitriles is 1. The number of nitrogens with zero attached hydrogens (tertiary/aromatic N) is 2. The highest BCUT2D eigenvalue weighted by molar-refractivity contribution is 5.88. The molecule has 5 heteroatoms. The Labute approximate surface area is 82.2 Å². The number of amides is 1. The Balaban J connectivity index is 4.89. The van der Waals surface area contributed by atoms with Gasteiger partial charge in [0.05, 0.1) is 11.6 Å². The highest BCUT2D eigenvalue weighted by Gasteiger charge is 2.25. The van der Waals surface area contributed by atoms with Gasteiger partial charge in [0.1, 0.15) is 0 Å². The maximum atomic E-state index is 11.0. The van der Waals surface area contributed by atoms with Crippen molar-refractivity contribution in [3.8, 4) is 6.19 Å². The monoisotopic (exact) mass is 196 g/mol. The highest BCUT2D eigenvalue weighted by Crippen LogP contribution is 2.12. The number of carboxylic acids is 1. The van der Waals surface area contributed by atoms with Gasteiger partial charge in [0.25, 0.3) is 0 Å². The molecule has 1 amide bonds. The van der Waals surface area contributed by atoms with E-state index >= 15 is 0 Å². The van der Waals surface area contributed by atoms with Gasteiger partial charge in [0.15, 0.2) is 6.19 Å². The van der Waals surface area contributed by atoms with E-state index < -0.39 is 17.9 Å². The smallest absolute Gasteiger partial charge is 0.333 e. The summed E-state index contributed by atoms with van der Waals surface area (Å²) in [5, 5.41) is 17.3. The standard InChI is InChI=1S/C9H12N2O3/c1-4-8(6(2)9(13)14)11(5-10)7(3)12/h8H,2,4H2,1,3H3,(H,13,14). The Morgan fingerprint density at radius 2 is 2.14 bits per heavy atom. The summed E-state index contributed by atoms with van der Waals surface area (Å²) in [4.78, 5) is 22.4. The fourth-order valence-corrected chi connectivity index (χ4v) is 1.09. The van der Waals surface area contributed by atoms with Gasteiger partial charge in [-0.3, -0.25) is 4.79 Å². The van der Waals surface area contributed by atoms with Gasteiger partial charge < -0.3 is 5.11 Å². The van der Waals surface area contributed by atoms with E-state index in [1.165, 1.54) is 6.92 Å². The summed E-state index contributed by atoms with van der Waals surface area (Å²) in [5.41, 5.74) is -0.149. The second-order valence-electron chi connectivity index (χ2n) is 2.74. The zero-order chi connectivity index (χ0) is 11.3. The normalized spacial score (nSPS) is 11.2. The Kier molecular flexibility index (Phi) is 4.36. The molecule has 0 aliphatic rings. The summed E-state index contributed by atoms with van der Waals surface area (Å²) >= 11 is 0. The number of hydrogen-bond acceptors (Lipinski definition) is 3. The molecule has 14 heavy (non-hydrogen) atoms. The van der Waals surface area contributed by atoms with Crippen LogP contribution in [0.15, 0.2) is 12.2 Å². The van der Waals surface area contributed by atoms with Crippen molar-refractivity contribution in [2.24, 2.45) is 0 Å². The molecule has 5 nitrogen and oxygen atoms in total. The van der Waals surface area contributed by atoms with Gasteiger partial charge in [-0.1, -0.05) is 13.5 Å². The van der Waals surface area contributed by atoms with Crippen molar-refractivity contribution in [2.75, 3.05) is 0 Å². The molecule has 0 heterocycles. The van der Waals surface area contributed by atoms with Gasteiger partial charge in [-0.15, -0.1) is 0 Å². The van der Waals surface area contributed by atoms with Crippen molar-refractivity contribution in [1.82, 2.24) is 4.90 Å². The van der Waals surface area contributed by atoms with E-state index in [1.54, 1.807) is 13.1 Å². The van der Waals surface area contributed by atoms with Gasteiger partial charge in [0.2, 0.25) is 5.91 Å². The highest BCUT2D eigenvalue weighted by atomic mass is 16.4. The topological polar surface area (TPSA) is 81.4 Å². The number of hydrogen-bond donors (Lipinski definition) is 1. The van der Waals surface area contributed by atoms with Gasteiger partial charge >= 0.3 is 5.97 Å². The minimum Gasteiger partial charge on any atom is -0.478 e. The van der Waals surface area contributed by atoms with Crippen LogP contribution in [0.1, 0.15) is 20.3 Å². The van der Waals surface area contributed by atoms with Gasteiger partial charge in [-0.25, -0.2) is 9.69 Å². The molecule has 1 N–H and O–H groups in total. The third-order valence-electron chi connectivity index (χ3n) is 1.82. The molecular formula is C9H12N2O3. The first-order chi connectivity index (χ1) is 6.45. The minimum absolute atomic E-state index is 0.149. The lowest BCUT2D eigenvalue weighted by Crippen LogP contribution is -2.37. The Morgan fingerprint density at radius 1 is 1.64 bits per heavy atom. The number of carboxylic acid groups (broad SMARTS) is 1. The Bertz CT molecular complexity index is 304. The van der Waals surface area contributed by atoms with Gasteiger partial charge in [-0.2, -0.15) is 5.26 Å². The summed E-state index contributed by atoms with van der Waals surface area (Å²) in [6.07, 6.45) is 1.99. The van der Waals surface area contributed by atoms with Crippen LogP contribution in [0.3, 0.4) is 0 Å². The largest absolute Gasteiger partial charge is 0.478 e. The van der Waals surface area contributed by atoms with Crippen LogP contribution in [0.2, 0.25) is 0 Å². The molecule has 0 radical (unpaired) electrons. The Morgan fingerprint density at radius 3 is 2.36 bits per heavy atom. The van der Waals surface area contributed by atoms with Crippen LogP contribution in [0.25, 0.3) is 0 Å². The summed E-state index contributed by atoms with van der Waals surface area (Å²) in [6.45, 7) is 6.23. The van der Waals surface area contributed by atoms with Crippen molar-refractivity contribution in [2.45, 2.75) is 26.3 Å².